The van der Waals surface area contributed by atoms with Crippen LogP contribution in [-0.2, 0) is 28.6 Å². The summed E-state index contributed by atoms with van der Waals surface area (Å²) in [5.74, 6) is -0.896. The molecule has 0 bridgehead atoms. The van der Waals surface area contributed by atoms with E-state index in [4.69, 9.17) is 14.2 Å². The minimum Gasteiger partial charge on any atom is -0.462 e. The zero-order valence-electron chi connectivity index (χ0n) is 42.7. The molecular formula is C59H102O6. The molecule has 0 aliphatic carbocycles. The third-order valence-electron chi connectivity index (χ3n) is 11.7. The van der Waals surface area contributed by atoms with Gasteiger partial charge in [-0.05, 0) is 89.9 Å². The summed E-state index contributed by atoms with van der Waals surface area (Å²) < 4.78 is 16.8. The average molecular weight is 907 g/mol. The Labute approximate surface area is 402 Å². The molecule has 0 fully saturated rings. The molecule has 0 heterocycles. The maximum atomic E-state index is 12.8. The second-order valence-electron chi connectivity index (χ2n) is 18.1. The summed E-state index contributed by atoms with van der Waals surface area (Å²) in [5, 5.41) is 0. The predicted molar refractivity (Wildman–Crippen MR) is 279 cm³/mol. The summed E-state index contributed by atoms with van der Waals surface area (Å²) in [6.45, 7) is 6.49. The topological polar surface area (TPSA) is 78.9 Å². The number of allylic oxidation sites excluding steroid dienone is 12. The van der Waals surface area contributed by atoms with Gasteiger partial charge in [0, 0.05) is 19.3 Å². The van der Waals surface area contributed by atoms with Gasteiger partial charge in [-0.1, -0.05) is 229 Å². The summed E-state index contributed by atoms with van der Waals surface area (Å²) in [7, 11) is 0. The molecule has 0 saturated carbocycles. The van der Waals surface area contributed by atoms with Crippen LogP contribution in [0.4, 0.5) is 0 Å². The molecule has 0 aromatic carbocycles. The Bertz CT molecular complexity index is 1230. The number of rotatable bonds is 49. The van der Waals surface area contributed by atoms with Crippen molar-refractivity contribution in [2.45, 2.75) is 271 Å². The fourth-order valence-electron chi connectivity index (χ4n) is 7.58. The van der Waals surface area contributed by atoms with E-state index >= 15 is 0 Å². The van der Waals surface area contributed by atoms with Gasteiger partial charge in [0.1, 0.15) is 13.2 Å². The van der Waals surface area contributed by atoms with Crippen molar-refractivity contribution >= 4 is 17.9 Å². The van der Waals surface area contributed by atoms with Crippen molar-refractivity contribution in [2.75, 3.05) is 13.2 Å². The first kappa shape index (κ1) is 61.9. The van der Waals surface area contributed by atoms with Gasteiger partial charge in [-0.3, -0.25) is 14.4 Å². The van der Waals surface area contributed by atoms with Crippen LogP contribution in [0.3, 0.4) is 0 Å². The van der Waals surface area contributed by atoms with Crippen molar-refractivity contribution in [1.29, 1.82) is 0 Å². The van der Waals surface area contributed by atoms with Crippen LogP contribution in [-0.4, -0.2) is 37.2 Å². The Kier molecular flexibility index (Phi) is 50.9. The molecule has 0 aliphatic rings. The van der Waals surface area contributed by atoms with E-state index in [0.29, 0.717) is 19.3 Å². The van der Waals surface area contributed by atoms with Gasteiger partial charge in [0.2, 0.25) is 0 Å². The third kappa shape index (κ3) is 51.7. The van der Waals surface area contributed by atoms with E-state index in [0.717, 1.165) is 109 Å². The molecule has 0 N–H and O–H groups in total. The molecule has 0 spiro atoms. The molecule has 0 aromatic heterocycles. The van der Waals surface area contributed by atoms with Crippen LogP contribution in [0.25, 0.3) is 0 Å². The van der Waals surface area contributed by atoms with E-state index in [1.807, 2.05) is 0 Å². The van der Waals surface area contributed by atoms with E-state index in [1.54, 1.807) is 0 Å². The highest BCUT2D eigenvalue weighted by molar-refractivity contribution is 5.71. The molecular weight excluding hydrogens is 805 g/mol. The Morgan fingerprint density at radius 1 is 0.323 bits per heavy atom. The lowest BCUT2D eigenvalue weighted by molar-refractivity contribution is -0.167. The van der Waals surface area contributed by atoms with Gasteiger partial charge in [-0.2, -0.15) is 0 Å². The number of unbranched alkanes of at least 4 members (excludes halogenated alkanes) is 26. The number of hydrogen-bond donors (Lipinski definition) is 0. The molecule has 65 heavy (non-hydrogen) atoms. The third-order valence-corrected chi connectivity index (χ3v) is 11.7. The van der Waals surface area contributed by atoms with Crippen LogP contribution >= 0.6 is 0 Å². The molecule has 1 unspecified atom stereocenters. The van der Waals surface area contributed by atoms with Crippen molar-refractivity contribution in [2.24, 2.45) is 0 Å². The molecule has 0 saturated heterocycles. The molecule has 0 aliphatic heterocycles. The van der Waals surface area contributed by atoms with Crippen molar-refractivity contribution in [1.82, 2.24) is 0 Å². The maximum Gasteiger partial charge on any atom is 0.306 e. The van der Waals surface area contributed by atoms with Crippen LogP contribution in [0.15, 0.2) is 72.9 Å². The van der Waals surface area contributed by atoms with E-state index in [2.05, 4.69) is 93.7 Å². The van der Waals surface area contributed by atoms with Gasteiger partial charge in [0.25, 0.3) is 0 Å². The number of carbonyl (C=O) groups excluding carboxylic acids is 3. The fourth-order valence-corrected chi connectivity index (χ4v) is 7.58. The van der Waals surface area contributed by atoms with Gasteiger partial charge in [0.15, 0.2) is 6.10 Å². The highest BCUT2D eigenvalue weighted by Crippen LogP contribution is 2.15. The van der Waals surface area contributed by atoms with Gasteiger partial charge >= 0.3 is 17.9 Å². The molecule has 6 heteroatoms. The molecule has 0 radical (unpaired) electrons. The quantitative estimate of drug-likeness (QED) is 0.0262. The van der Waals surface area contributed by atoms with E-state index < -0.39 is 6.10 Å². The summed E-state index contributed by atoms with van der Waals surface area (Å²) in [6.07, 6.45) is 67.4. The van der Waals surface area contributed by atoms with Gasteiger partial charge < -0.3 is 14.2 Å². The van der Waals surface area contributed by atoms with Crippen LogP contribution in [0.5, 0.6) is 0 Å². The first-order valence-electron chi connectivity index (χ1n) is 27.4. The van der Waals surface area contributed by atoms with Crippen molar-refractivity contribution in [3.8, 4) is 0 Å². The highest BCUT2D eigenvalue weighted by Gasteiger charge is 2.19. The fraction of sp³-hybridized carbons (Fsp3) is 0.746. The summed E-state index contributed by atoms with van der Waals surface area (Å²) >= 11 is 0. The highest BCUT2D eigenvalue weighted by atomic mass is 16.6. The van der Waals surface area contributed by atoms with Gasteiger partial charge in [-0.15, -0.1) is 0 Å². The molecule has 0 rings (SSSR count). The molecule has 0 aromatic rings. The Balaban J connectivity index is 4.32. The van der Waals surface area contributed by atoms with Crippen molar-refractivity contribution < 1.29 is 28.6 Å². The van der Waals surface area contributed by atoms with Crippen LogP contribution in [0, 0.1) is 0 Å². The first-order valence-corrected chi connectivity index (χ1v) is 27.4. The predicted octanol–water partition coefficient (Wildman–Crippen LogP) is 18.2. The second-order valence-corrected chi connectivity index (χ2v) is 18.1. The lowest BCUT2D eigenvalue weighted by Crippen LogP contribution is -2.30. The first-order chi connectivity index (χ1) is 32.0. The lowest BCUT2D eigenvalue weighted by Gasteiger charge is -2.18. The maximum absolute atomic E-state index is 12.8. The second kappa shape index (κ2) is 53.5. The van der Waals surface area contributed by atoms with Crippen molar-refractivity contribution in [3.05, 3.63) is 72.9 Å². The van der Waals surface area contributed by atoms with Crippen molar-refractivity contribution in [3.63, 3.8) is 0 Å². The van der Waals surface area contributed by atoms with E-state index in [1.165, 1.54) is 116 Å². The van der Waals surface area contributed by atoms with Gasteiger partial charge in [0.05, 0.1) is 0 Å². The number of hydrogen-bond acceptors (Lipinski definition) is 6. The number of carbonyl (C=O) groups is 3. The zero-order valence-corrected chi connectivity index (χ0v) is 42.7. The SMILES string of the molecule is CC/C=C\C/C=C\C/C=C\C/C=C\C/C=C\CCCCCCCCCC(=O)OCC(COC(=O)CCCCCCCCCCCCCC)OC(=O)CCCCCCC/C=C\CCCCC. The van der Waals surface area contributed by atoms with Crippen LogP contribution < -0.4 is 0 Å². The number of esters is 3. The minimum absolute atomic E-state index is 0.0802. The van der Waals surface area contributed by atoms with Crippen LogP contribution in [0.1, 0.15) is 265 Å². The van der Waals surface area contributed by atoms with E-state index in [-0.39, 0.29) is 31.1 Å². The summed E-state index contributed by atoms with van der Waals surface area (Å²) in [5.41, 5.74) is 0. The number of ether oxygens (including phenoxy) is 3. The van der Waals surface area contributed by atoms with Gasteiger partial charge in [-0.25, -0.2) is 0 Å². The Morgan fingerprint density at radius 3 is 0.985 bits per heavy atom. The standard InChI is InChI=1S/C59H102O6/c1-4-7-10-13-16-19-22-25-26-27-28-29-30-31-32-33-34-35-38-40-43-46-49-52-58(61)64-55-56(65-59(62)53-50-47-44-41-37-24-21-18-15-12-9-6-3)54-63-57(60)51-48-45-42-39-36-23-20-17-14-11-8-5-2/h7,10,16,18-19,21,25-26,28-29,31-32,56H,4-6,8-9,11-15,17,20,22-24,27,30,33-55H2,1-3H3/b10-7-,19-16-,21-18-,26-25-,29-28-,32-31-. The molecule has 6 nitrogen and oxygen atoms in total. The molecule has 0 amide bonds. The molecule has 1 atom stereocenters. The summed E-state index contributed by atoms with van der Waals surface area (Å²) in [6, 6.07) is 0. The van der Waals surface area contributed by atoms with Crippen LogP contribution in [0.2, 0.25) is 0 Å². The Morgan fingerprint density at radius 2 is 0.600 bits per heavy atom. The van der Waals surface area contributed by atoms with E-state index in [9.17, 15) is 14.4 Å². The minimum atomic E-state index is -0.781. The molecule has 374 valence electrons. The average Bonchev–Trinajstić information content (AvgIpc) is 3.30. The monoisotopic (exact) mass is 907 g/mol. The normalized spacial score (nSPS) is 12.6. The summed E-state index contributed by atoms with van der Waals surface area (Å²) in [4.78, 5) is 38.0. The Hall–Kier alpha value is -3.15. The smallest absolute Gasteiger partial charge is 0.306 e. The zero-order chi connectivity index (χ0) is 47.2. The lowest BCUT2D eigenvalue weighted by atomic mass is 10.0. The largest absolute Gasteiger partial charge is 0.462 e.